The Hall–Kier alpha value is -1.01. The number of sulfone groups is 1. The Morgan fingerprint density at radius 2 is 2.06 bits per heavy atom. The zero-order valence-electron chi connectivity index (χ0n) is 9.88. The third kappa shape index (κ3) is 5.74. The molecule has 0 aromatic heterocycles. The summed E-state index contributed by atoms with van der Waals surface area (Å²) in [5, 5.41) is 0.526. The molecule has 0 bridgehead atoms. The molecule has 6 heteroatoms. The number of aliphatic imine (C=N–C) groups is 1. The van der Waals surface area contributed by atoms with Gasteiger partial charge >= 0.3 is 0 Å². The molecule has 0 atom stereocenters. The molecule has 0 aliphatic heterocycles. The van der Waals surface area contributed by atoms with Crippen molar-refractivity contribution in [2.75, 3.05) is 12.5 Å². The van der Waals surface area contributed by atoms with E-state index in [1.54, 1.807) is 6.07 Å². The first-order valence-corrected chi connectivity index (χ1v) is 8.28. The van der Waals surface area contributed by atoms with Gasteiger partial charge in [0.05, 0.1) is 12.3 Å². The van der Waals surface area contributed by atoms with Crippen LogP contribution in [0.25, 0.3) is 0 Å². The summed E-state index contributed by atoms with van der Waals surface area (Å²) in [4.78, 5) is 4.16. The fraction of sp³-hybridized carbons (Fsp3) is 0.364. The third-order valence-electron chi connectivity index (χ3n) is 2.05. The summed E-state index contributed by atoms with van der Waals surface area (Å²) in [6.45, 7) is 0.476. The number of nitrogens with two attached hydrogens (primary N) is 1. The maximum Gasteiger partial charge on any atom is 0.153 e. The van der Waals surface area contributed by atoms with Crippen LogP contribution in [-0.2, 0) is 22.1 Å². The normalized spacial score (nSPS) is 12.7. The predicted molar refractivity (Wildman–Crippen MR) is 73.8 cm³/mol. The van der Waals surface area contributed by atoms with Crippen LogP contribution in [0.3, 0.4) is 0 Å². The lowest BCUT2D eigenvalue weighted by Crippen LogP contribution is -2.06. The first-order valence-electron chi connectivity index (χ1n) is 5.00. The van der Waals surface area contributed by atoms with Crippen LogP contribution in [0.5, 0.6) is 0 Å². The molecule has 0 unspecified atom stereocenters. The highest BCUT2D eigenvalue weighted by Crippen LogP contribution is 2.10. The summed E-state index contributed by atoms with van der Waals surface area (Å²) >= 11 is 1.39. The molecular formula is C11H16N2O2S2. The van der Waals surface area contributed by atoms with E-state index in [1.807, 2.05) is 24.5 Å². The quantitative estimate of drug-likeness (QED) is 0.664. The highest BCUT2D eigenvalue weighted by atomic mass is 32.2. The van der Waals surface area contributed by atoms with E-state index in [0.29, 0.717) is 11.7 Å². The van der Waals surface area contributed by atoms with E-state index in [-0.39, 0.29) is 5.75 Å². The molecule has 2 N–H and O–H groups in total. The molecule has 94 valence electrons. The van der Waals surface area contributed by atoms with E-state index in [1.165, 1.54) is 18.0 Å². The zero-order valence-corrected chi connectivity index (χ0v) is 11.5. The SMILES string of the molecule is CSC(N)=NCc1cccc(CS(C)(=O)=O)c1. The van der Waals surface area contributed by atoms with Crippen LogP contribution in [0.4, 0.5) is 0 Å². The maximum atomic E-state index is 11.2. The van der Waals surface area contributed by atoms with Crippen molar-refractivity contribution in [3.8, 4) is 0 Å². The zero-order chi connectivity index (χ0) is 12.9. The van der Waals surface area contributed by atoms with Crippen LogP contribution in [-0.4, -0.2) is 26.1 Å². The lowest BCUT2D eigenvalue weighted by Gasteiger charge is -2.03. The van der Waals surface area contributed by atoms with E-state index < -0.39 is 9.84 Å². The standard InChI is InChI=1S/C11H16N2O2S2/c1-16-11(12)13-7-9-4-3-5-10(6-9)8-17(2,14)15/h3-6H,7-8H2,1-2H3,(H2,12,13). The monoisotopic (exact) mass is 272 g/mol. The van der Waals surface area contributed by atoms with Crippen molar-refractivity contribution >= 4 is 26.8 Å². The van der Waals surface area contributed by atoms with Gasteiger partial charge in [-0.3, -0.25) is 4.99 Å². The van der Waals surface area contributed by atoms with Crippen LogP contribution in [0.1, 0.15) is 11.1 Å². The molecule has 0 fully saturated rings. The second kappa shape index (κ2) is 6.07. The molecule has 4 nitrogen and oxygen atoms in total. The van der Waals surface area contributed by atoms with Gasteiger partial charge in [-0.05, 0) is 17.4 Å². The van der Waals surface area contributed by atoms with E-state index in [0.717, 1.165) is 11.1 Å². The van der Waals surface area contributed by atoms with Crippen molar-refractivity contribution in [3.63, 3.8) is 0 Å². The van der Waals surface area contributed by atoms with Crippen molar-refractivity contribution in [2.24, 2.45) is 10.7 Å². The summed E-state index contributed by atoms with van der Waals surface area (Å²) in [5.74, 6) is 0.0581. The summed E-state index contributed by atoms with van der Waals surface area (Å²) in [6, 6.07) is 7.38. The molecule has 0 amide bonds. The third-order valence-corrected chi connectivity index (χ3v) is 3.45. The Morgan fingerprint density at radius 1 is 1.41 bits per heavy atom. The fourth-order valence-electron chi connectivity index (χ4n) is 1.35. The number of benzene rings is 1. The molecule has 0 aliphatic carbocycles. The minimum atomic E-state index is -2.99. The summed E-state index contributed by atoms with van der Waals surface area (Å²) in [5.41, 5.74) is 7.32. The predicted octanol–water partition coefficient (Wildman–Crippen LogP) is 1.41. The van der Waals surface area contributed by atoms with Crippen molar-refractivity contribution < 1.29 is 8.42 Å². The second-order valence-electron chi connectivity index (χ2n) is 3.75. The smallest absolute Gasteiger partial charge is 0.153 e. The highest BCUT2D eigenvalue weighted by Gasteiger charge is 2.04. The number of hydrogen-bond donors (Lipinski definition) is 1. The van der Waals surface area contributed by atoms with Gasteiger partial charge in [-0.25, -0.2) is 8.42 Å². The van der Waals surface area contributed by atoms with E-state index in [4.69, 9.17) is 5.73 Å². The highest BCUT2D eigenvalue weighted by molar-refractivity contribution is 8.13. The van der Waals surface area contributed by atoms with Crippen LogP contribution in [0.15, 0.2) is 29.3 Å². The van der Waals surface area contributed by atoms with Gasteiger partial charge in [0, 0.05) is 6.26 Å². The molecule has 0 radical (unpaired) electrons. The molecule has 0 heterocycles. The van der Waals surface area contributed by atoms with Crippen LogP contribution in [0, 0.1) is 0 Å². The Bertz CT molecular complexity index is 510. The number of nitrogens with zero attached hydrogens (tertiary/aromatic N) is 1. The van der Waals surface area contributed by atoms with Crippen LogP contribution >= 0.6 is 11.8 Å². The van der Waals surface area contributed by atoms with Crippen molar-refractivity contribution in [3.05, 3.63) is 35.4 Å². The molecule has 0 saturated carbocycles. The minimum absolute atomic E-state index is 0.0581. The molecular weight excluding hydrogens is 256 g/mol. The number of thioether (sulfide) groups is 1. The van der Waals surface area contributed by atoms with Gasteiger partial charge in [0.2, 0.25) is 0 Å². The molecule has 0 saturated heterocycles. The Balaban J connectivity index is 2.80. The van der Waals surface area contributed by atoms with E-state index >= 15 is 0 Å². The van der Waals surface area contributed by atoms with Crippen molar-refractivity contribution in [1.29, 1.82) is 0 Å². The van der Waals surface area contributed by atoms with Gasteiger partial charge < -0.3 is 5.73 Å². The van der Waals surface area contributed by atoms with E-state index in [9.17, 15) is 8.42 Å². The maximum absolute atomic E-state index is 11.2. The topological polar surface area (TPSA) is 72.5 Å². The van der Waals surface area contributed by atoms with Gasteiger partial charge in [0.25, 0.3) is 0 Å². The van der Waals surface area contributed by atoms with Crippen LogP contribution in [0.2, 0.25) is 0 Å². The first kappa shape index (κ1) is 14.1. The molecule has 1 aromatic carbocycles. The Morgan fingerprint density at radius 3 is 2.65 bits per heavy atom. The molecule has 1 aromatic rings. The van der Waals surface area contributed by atoms with Gasteiger partial charge in [0.1, 0.15) is 0 Å². The van der Waals surface area contributed by atoms with Gasteiger partial charge in [-0.1, -0.05) is 36.0 Å². The molecule has 0 aliphatic rings. The Kier molecular flexibility index (Phi) is 5.02. The number of hydrogen-bond acceptors (Lipinski definition) is 4. The summed E-state index contributed by atoms with van der Waals surface area (Å²) < 4.78 is 22.3. The molecule has 1 rings (SSSR count). The second-order valence-corrected chi connectivity index (χ2v) is 6.72. The van der Waals surface area contributed by atoms with Crippen molar-refractivity contribution in [2.45, 2.75) is 12.3 Å². The lowest BCUT2D eigenvalue weighted by molar-refractivity contribution is 0.601. The molecule has 0 spiro atoms. The van der Waals surface area contributed by atoms with Crippen molar-refractivity contribution in [1.82, 2.24) is 0 Å². The number of amidine groups is 1. The van der Waals surface area contributed by atoms with Crippen LogP contribution < -0.4 is 5.73 Å². The molecule has 17 heavy (non-hydrogen) atoms. The average Bonchev–Trinajstić information content (AvgIpc) is 2.24. The van der Waals surface area contributed by atoms with Gasteiger partial charge in [-0.15, -0.1) is 0 Å². The van der Waals surface area contributed by atoms with E-state index in [2.05, 4.69) is 4.99 Å². The van der Waals surface area contributed by atoms with Gasteiger partial charge in [-0.2, -0.15) is 0 Å². The van der Waals surface area contributed by atoms with Gasteiger partial charge in [0.15, 0.2) is 15.0 Å². The Labute approximate surface area is 106 Å². The largest absolute Gasteiger partial charge is 0.379 e. The minimum Gasteiger partial charge on any atom is -0.379 e. The lowest BCUT2D eigenvalue weighted by atomic mass is 10.1. The average molecular weight is 272 g/mol. The fourth-order valence-corrected chi connectivity index (χ4v) is 2.33. The summed E-state index contributed by atoms with van der Waals surface area (Å²) in [7, 11) is -2.99. The first-order chi connectivity index (χ1) is 7.90. The summed E-state index contributed by atoms with van der Waals surface area (Å²) in [6.07, 6.45) is 3.09. The number of rotatable bonds is 4.